The van der Waals surface area contributed by atoms with Gasteiger partial charge in [0, 0.05) is 25.2 Å². The van der Waals surface area contributed by atoms with E-state index in [9.17, 15) is 8.90 Å². The maximum Gasteiger partial charge on any atom is 0.537 e. The van der Waals surface area contributed by atoms with Crippen molar-refractivity contribution in [2.75, 3.05) is 19.6 Å². The molecule has 1 aliphatic heterocycles. The molecule has 1 unspecified atom stereocenters. The Morgan fingerprint density at radius 2 is 2.24 bits per heavy atom. The minimum atomic E-state index is -4.58. The van der Waals surface area contributed by atoms with Crippen LogP contribution in [0.3, 0.4) is 0 Å². The first-order valence-corrected chi connectivity index (χ1v) is 7.96. The van der Waals surface area contributed by atoms with Gasteiger partial charge in [-0.2, -0.15) is 0 Å². The molecule has 100 valence electrons. The van der Waals surface area contributed by atoms with Gasteiger partial charge in [0.1, 0.15) is 0 Å². The number of carbonyl (C=O) groups is 1. The van der Waals surface area contributed by atoms with Gasteiger partial charge >= 0.3 is 14.9 Å². The van der Waals surface area contributed by atoms with Crippen LogP contribution >= 0.6 is 0 Å². The van der Waals surface area contributed by atoms with E-state index in [-0.39, 0.29) is 6.03 Å². The zero-order valence-electron chi connectivity index (χ0n) is 10.2. The predicted octanol–water partition coefficient (Wildman–Crippen LogP) is 0.855. The van der Waals surface area contributed by atoms with Gasteiger partial charge in [-0.3, -0.25) is 0 Å². The van der Waals surface area contributed by atoms with Gasteiger partial charge in [-0.1, -0.05) is 19.8 Å². The van der Waals surface area contributed by atoms with Crippen LogP contribution in [0.4, 0.5) is 8.90 Å². The van der Waals surface area contributed by atoms with Crippen LogP contribution in [0.2, 0.25) is 5.54 Å². The summed E-state index contributed by atoms with van der Waals surface area (Å²) < 4.78 is 13.3. The van der Waals surface area contributed by atoms with Gasteiger partial charge < -0.3 is 19.8 Å². The van der Waals surface area contributed by atoms with E-state index in [1.54, 1.807) is 4.90 Å². The number of hydrogen-bond donors (Lipinski definition) is 3. The molecular formula is C10H21FN2O3Si. The van der Waals surface area contributed by atoms with E-state index in [1.165, 1.54) is 0 Å². The molecule has 2 amide bonds. The van der Waals surface area contributed by atoms with Crippen molar-refractivity contribution in [3.63, 3.8) is 0 Å². The third kappa shape index (κ3) is 4.61. The highest BCUT2D eigenvalue weighted by molar-refractivity contribution is 6.58. The van der Waals surface area contributed by atoms with Crippen molar-refractivity contribution >= 4 is 14.9 Å². The quantitative estimate of drug-likeness (QED) is 0.471. The van der Waals surface area contributed by atoms with Crippen molar-refractivity contribution in [2.24, 2.45) is 0 Å². The van der Waals surface area contributed by atoms with E-state index < -0.39 is 14.4 Å². The second-order valence-electron chi connectivity index (χ2n) is 4.48. The molecule has 1 rings (SSSR count). The molecule has 7 heteroatoms. The lowest BCUT2D eigenvalue weighted by molar-refractivity contribution is 0.211. The van der Waals surface area contributed by atoms with Crippen LogP contribution in [-0.4, -0.2) is 49.1 Å². The molecule has 0 bridgehead atoms. The molecule has 0 spiro atoms. The molecule has 1 saturated heterocycles. The van der Waals surface area contributed by atoms with E-state index in [0.717, 1.165) is 12.8 Å². The summed E-state index contributed by atoms with van der Waals surface area (Å²) in [6.45, 7) is 3.58. The van der Waals surface area contributed by atoms with Crippen molar-refractivity contribution < 1.29 is 18.5 Å². The summed E-state index contributed by atoms with van der Waals surface area (Å²) in [6.07, 6.45) is 2.46. The zero-order valence-corrected chi connectivity index (χ0v) is 11.2. The lowest BCUT2D eigenvalue weighted by Crippen LogP contribution is -2.38. The fourth-order valence-corrected chi connectivity index (χ4v) is 3.07. The van der Waals surface area contributed by atoms with Crippen molar-refractivity contribution in [1.29, 1.82) is 0 Å². The molecule has 1 atom stereocenters. The lowest BCUT2D eigenvalue weighted by atomic mass is 10.1. The molecule has 1 aliphatic rings. The lowest BCUT2D eigenvalue weighted by Gasteiger charge is -2.23. The van der Waals surface area contributed by atoms with Crippen molar-refractivity contribution in [1.82, 2.24) is 10.2 Å². The first kappa shape index (κ1) is 14.4. The summed E-state index contributed by atoms with van der Waals surface area (Å²) in [4.78, 5) is 31.1. The van der Waals surface area contributed by atoms with Crippen LogP contribution in [0.5, 0.6) is 0 Å². The Morgan fingerprint density at radius 1 is 1.53 bits per heavy atom. The topological polar surface area (TPSA) is 72.8 Å². The Morgan fingerprint density at radius 3 is 2.71 bits per heavy atom. The van der Waals surface area contributed by atoms with Crippen molar-refractivity contribution in [3.05, 3.63) is 0 Å². The predicted molar refractivity (Wildman–Crippen MR) is 64.2 cm³/mol. The van der Waals surface area contributed by atoms with Gasteiger partial charge in [0.2, 0.25) is 0 Å². The minimum absolute atomic E-state index is 0.152. The Hall–Kier alpha value is -0.663. The summed E-state index contributed by atoms with van der Waals surface area (Å²) >= 11 is 0. The molecule has 3 N–H and O–H groups in total. The highest BCUT2D eigenvalue weighted by Crippen LogP contribution is 2.28. The van der Waals surface area contributed by atoms with E-state index in [4.69, 9.17) is 9.59 Å². The second-order valence-corrected chi connectivity index (χ2v) is 6.57. The Kier molecular flexibility index (Phi) is 5.35. The van der Waals surface area contributed by atoms with Crippen molar-refractivity contribution in [2.45, 2.75) is 38.1 Å². The molecule has 0 aliphatic carbocycles. The van der Waals surface area contributed by atoms with Gasteiger partial charge in [0.05, 0.1) is 0 Å². The fraction of sp³-hybridized carbons (Fsp3) is 0.900. The number of rotatable bonds is 7. The number of halogens is 1. The van der Waals surface area contributed by atoms with E-state index >= 15 is 0 Å². The third-order valence-electron chi connectivity index (χ3n) is 3.12. The first-order valence-electron chi connectivity index (χ1n) is 6.11. The summed E-state index contributed by atoms with van der Waals surface area (Å²) in [5.74, 6) is 0. The highest BCUT2D eigenvalue weighted by Gasteiger charge is 2.41. The Balaban J connectivity index is 2.40. The van der Waals surface area contributed by atoms with Gasteiger partial charge in [-0.05, 0) is 12.8 Å². The SMILES string of the molecule is CCCCC(CCN1CCNC1=O)[Si](O)(O)F. The van der Waals surface area contributed by atoms with Gasteiger partial charge in [-0.15, -0.1) is 0 Å². The van der Waals surface area contributed by atoms with Crippen molar-refractivity contribution in [3.8, 4) is 0 Å². The summed E-state index contributed by atoms with van der Waals surface area (Å²) in [5.41, 5.74) is -0.698. The number of unbranched alkanes of at least 4 members (excludes halogenated alkanes) is 1. The molecular weight excluding hydrogens is 243 g/mol. The molecule has 0 aromatic rings. The number of nitrogens with zero attached hydrogens (tertiary/aromatic N) is 1. The number of carbonyl (C=O) groups excluding carboxylic acids is 1. The smallest absolute Gasteiger partial charge is 0.387 e. The van der Waals surface area contributed by atoms with E-state index in [2.05, 4.69) is 5.32 Å². The minimum Gasteiger partial charge on any atom is -0.387 e. The normalized spacial score (nSPS) is 18.4. The number of urea groups is 1. The first-order chi connectivity index (χ1) is 7.95. The molecule has 1 heterocycles. The number of amides is 2. The molecule has 17 heavy (non-hydrogen) atoms. The van der Waals surface area contributed by atoms with Crippen LogP contribution in [0.15, 0.2) is 0 Å². The molecule has 0 radical (unpaired) electrons. The van der Waals surface area contributed by atoms with Crippen LogP contribution in [0, 0.1) is 0 Å². The molecule has 5 nitrogen and oxygen atoms in total. The largest absolute Gasteiger partial charge is 0.537 e. The van der Waals surface area contributed by atoms with E-state index in [1.807, 2.05) is 6.92 Å². The zero-order chi connectivity index (χ0) is 12.9. The van der Waals surface area contributed by atoms with Crippen LogP contribution in [0.1, 0.15) is 32.6 Å². The third-order valence-corrected chi connectivity index (χ3v) is 4.73. The maximum absolute atomic E-state index is 13.3. The average molecular weight is 264 g/mol. The van der Waals surface area contributed by atoms with Crippen LogP contribution in [0.25, 0.3) is 0 Å². The Labute approximate surface area is 102 Å². The fourth-order valence-electron chi connectivity index (χ4n) is 2.00. The standard InChI is InChI=1S/C10H21FN2O3Si/c1-2-3-4-9(17(11,15)16)5-7-13-8-6-12-10(13)14/h9,15-16H,2-8H2,1H3,(H,12,14). The van der Waals surface area contributed by atoms with Gasteiger partial charge in [0.25, 0.3) is 0 Å². The summed E-state index contributed by atoms with van der Waals surface area (Å²) in [5, 5.41) is 2.65. The Bertz CT molecular complexity index is 260. The molecule has 1 fully saturated rings. The number of hydrogen-bond acceptors (Lipinski definition) is 3. The van der Waals surface area contributed by atoms with Gasteiger partial charge in [-0.25, -0.2) is 8.90 Å². The monoisotopic (exact) mass is 264 g/mol. The number of nitrogens with one attached hydrogen (secondary N) is 1. The average Bonchev–Trinajstić information content (AvgIpc) is 2.62. The highest BCUT2D eigenvalue weighted by atomic mass is 28.4. The summed E-state index contributed by atoms with van der Waals surface area (Å²) in [6, 6.07) is -0.152. The van der Waals surface area contributed by atoms with E-state index in [0.29, 0.717) is 32.5 Å². The van der Waals surface area contributed by atoms with Crippen LogP contribution in [-0.2, 0) is 0 Å². The molecule has 0 aromatic heterocycles. The maximum atomic E-state index is 13.3. The second kappa shape index (κ2) is 6.32. The van der Waals surface area contributed by atoms with Crippen LogP contribution < -0.4 is 5.32 Å². The molecule has 0 aromatic carbocycles. The summed E-state index contributed by atoms with van der Waals surface area (Å²) in [7, 11) is -4.58. The van der Waals surface area contributed by atoms with Gasteiger partial charge in [0.15, 0.2) is 0 Å². The molecule has 0 saturated carbocycles.